The summed E-state index contributed by atoms with van der Waals surface area (Å²) >= 11 is 0. The number of allylic oxidation sites excluding steroid dienone is 1. The third-order valence-corrected chi connectivity index (χ3v) is 9.89. The molecule has 0 bridgehead atoms. The molecule has 2 heterocycles. The predicted molar refractivity (Wildman–Crippen MR) is 190 cm³/mol. The first-order valence-electron chi connectivity index (χ1n) is 16.2. The van der Waals surface area contributed by atoms with Crippen LogP contribution >= 0.6 is 0 Å². The standard InChI is InChI=1S/C43H33N3/c1-43(2)36-19-11-9-17-32(36)34-26-41-35(25-37(34)43)33-18-10-12-20-40(33)46(41)31-23-21-29(22-24-31)39-27-38(28-13-5-3-6-14-28)44-42(45-39)30-15-7-4-8-16-30/h3-11,13-19,21-27H,12,20H2,1-2H3. The van der Waals surface area contributed by atoms with Crippen molar-refractivity contribution in [1.82, 2.24) is 14.5 Å². The summed E-state index contributed by atoms with van der Waals surface area (Å²) in [4.78, 5) is 10.0. The molecule has 2 aromatic heterocycles. The Morgan fingerprint density at radius 2 is 1.26 bits per heavy atom. The SMILES string of the molecule is CC1(C)c2ccccc2-c2cc3c(cc21)c1c(n3-c2ccc(-c3cc(-c4ccccc4)nc(-c4ccccc4)n3)cc2)CCC=C1. The Labute approximate surface area is 269 Å². The highest BCUT2D eigenvalue weighted by atomic mass is 15.0. The van der Waals surface area contributed by atoms with Gasteiger partial charge in [0.25, 0.3) is 0 Å². The van der Waals surface area contributed by atoms with Crippen molar-refractivity contribution in [3.8, 4) is 50.7 Å². The highest BCUT2D eigenvalue weighted by Crippen LogP contribution is 2.51. The Morgan fingerprint density at radius 1 is 0.609 bits per heavy atom. The summed E-state index contributed by atoms with van der Waals surface area (Å²) in [6.07, 6.45) is 6.75. The fraction of sp³-hybridized carbons (Fsp3) is 0.116. The van der Waals surface area contributed by atoms with Crippen LogP contribution in [0, 0.1) is 0 Å². The molecule has 7 aromatic rings. The van der Waals surface area contributed by atoms with E-state index >= 15 is 0 Å². The number of hydrogen-bond acceptors (Lipinski definition) is 2. The molecule has 0 aliphatic heterocycles. The predicted octanol–water partition coefficient (Wildman–Crippen LogP) is 10.7. The summed E-state index contributed by atoms with van der Waals surface area (Å²) in [5.41, 5.74) is 15.7. The molecule has 0 saturated carbocycles. The lowest BCUT2D eigenvalue weighted by Gasteiger charge is -2.21. The van der Waals surface area contributed by atoms with Gasteiger partial charge in [-0.3, -0.25) is 0 Å². The molecule has 46 heavy (non-hydrogen) atoms. The monoisotopic (exact) mass is 591 g/mol. The second-order valence-corrected chi connectivity index (χ2v) is 13.0. The first-order chi connectivity index (χ1) is 22.6. The van der Waals surface area contributed by atoms with Crippen molar-refractivity contribution >= 4 is 17.0 Å². The summed E-state index contributed by atoms with van der Waals surface area (Å²) in [7, 11) is 0. The lowest BCUT2D eigenvalue weighted by atomic mass is 9.82. The van der Waals surface area contributed by atoms with Gasteiger partial charge in [-0.15, -0.1) is 0 Å². The zero-order valence-corrected chi connectivity index (χ0v) is 26.0. The van der Waals surface area contributed by atoms with Crippen LogP contribution < -0.4 is 0 Å². The van der Waals surface area contributed by atoms with Crippen LogP contribution in [-0.4, -0.2) is 14.5 Å². The van der Waals surface area contributed by atoms with E-state index in [1.807, 2.05) is 24.3 Å². The average Bonchev–Trinajstić information content (AvgIpc) is 3.56. The smallest absolute Gasteiger partial charge is 0.160 e. The molecule has 3 nitrogen and oxygen atoms in total. The van der Waals surface area contributed by atoms with Gasteiger partial charge in [0.15, 0.2) is 5.82 Å². The Hall–Kier alpha value is -5.54. The van der Waals surface area contributed by atoms with E-state index in [4.69, 9.17) is 9.97 Å². The average molecular weight is 592 g/mol. The lowest BCUT2D eigenvalue weighted by molar-refractivity contribution is 0.661. The maximum atomic E-state index is 5.06. The number of rotatable bonds is 4. The van der Waals surface area contributed by atoms with Gasteiger partial charge in [0.2, 0.25) is 0 Å². The van der Waals surface area contributed by atoms with Crippen LogP contribution in [0.4, 0.5) is 0 Å². The molecule has 2 aliphatic carbocycles. The molecule has 2 aliphatic rings. The number of fused-ring (bicyclic) bond motifs is 6. The summed E-state index contributed by atoms with van der Waals surface area (Å²) in [6, 6.07) is 45.5. The van der Waals surface area contributed by atoms with Crippen molar-refractivity contribution in [2.75, 3.05) is 0 Å². The van der Waals surface area contributed by atoms with Gasteiger partial charge in [0.1, 0.15) is 0 Å². The zero-order valence-electron chi connectivity index (χ0n) is 26.0. The fourth-order valence-corrected chi connectivity index (χ4v) is 7.56. The Bertz CT molecular complexity index is 2250. The van der Waals surface area contributed by atoms with Gasteiger partial charge >= 0.3 is 0 Å². The van der Waals surface area contributed by atoms with Crippen LogP contribution in [0.5, 0.6) is 0 Å². The fourth-order valence-electron chi connectivity index (χ4n) is 7.56. The minimum absolute atomic E-state index is 0.0239. The first-order valence-corrected chi connectivity index (χ1v) is 16.2. The molecule has 9 rings (SSSR count). The van der Waals surface area contributed by atoms with Gasteiger partial charge in [-0.1, -0.05) is 123 Å². The van der Waals surface area contributed by atoms with Gasteiger partial charge in [-0.05, 0) is 65.4 Å². The minimum atomic E-state index is -0.0239. The second kappa shape index (κ2) is 10.3. The van der Waals surface area contributed by atoms with Crippen molar-refractivity contribution in [3.63, 3.8) is 0 Å². The highest BCUT2D eigenvalue weighted by Gasteiger charge is 2.36. The summed E-state index contributed by atoms with van der Waals surface area (Å²) in [5.74, 6) is 0.732. The van der Waals surface area contributed by atoms with Gasteiger partial charge in [0, 0.05) is 44.4 Å². The van der Waals surface area contributed by atoms with Gasteiger partial charge < -0.3 is 4.57 Å². The summed E-state index contributed by atoms with van der Waals surface area (Å²) in [5, 5.41) is 1.34. The normalized spacial score (nSPS) is 14.2. The highest BCUT2D eigenvalue weighted by molar-refractivity contribution is 5.99. The van der Waals surface area contributed by atoms with Crippen LogP contribution in [0.25, 0.3) is 67.7 Å². The van der Waals surface area contributed by atoms with Crippen molar-refractivity contribution in [2.24, 2.45) is 0 Å². The van der Waals surface area contributed by atoms with E-state index in [1.54, 1.807) is 0 Å². The largest absolute Gasteiger partial charge is 0.313 e. The third-order valence-electron chi connectivity index (χ3n) is 9.89. The van der Waals surface area contributed by atoms with E-state index in [-0.39, 0.29) is 5.41 Å². The van der Waals surface area contributed by atoms with Crippen LogP contribution in [0.2, 0.25) is 0 Å². The molecule has 5 aromatic carbocycles. The molecule has 0 fully saturated rings. The molecular formula is C43H33N3. The number of nitrogens with zero attached hydrogens (tertiary/aromatic N) is 3. The molecule has 0 atom stereocenters. The van der Waals surface area contributed by atoms with E-state index in [1.165, 1.54) is 50.1 Å². The van der Waals surface area contributed by atoms with Crippen molar-refractivity contribution < 1.29 is 0 Å². The van der Waals surface area contributed by atoms with E-state index in [0.29, 0.717) is 0 Å². The van der Waals surface area contributed by atoms with E-state index in [0.717, 1.165) is 46.7 Å². The maximum Gasteiger partial charge on any atom is 0.160 e. The maximum absolute atomic E-state index is 5.06. The molecule has 0 spiro atoms. The molecule has 0 amide bonds. The van der Waals surface area contributed by atoms with Crippen LogP contribution in [0.15, 0.2) is 133 Å². The van der Waals surface area contributed by atoms with E-state index < -0.39 is 0 Å². The molecule has 0 radical (unpaired) electrons. The Kier molecular flexibility index (Phi) is 5.98. The van der Waals surface area contributed by atoms with Gasteiger partial charge in [-0.25, -0.2) is 9.97 Å². The van der Waals surface area contributed by atoms with Crippen LogP contribution in [-0.2, 0) is 11.8 Å². The number of hydrogen-bond donors (Lipinski definition) is 0. The molecular weight excluding hydrogens is 558 g/mol. The number of aromatic nitrogens is 3. The second-order valence-electron chi connectivity index (χ2n) is 13.0. The minimum Gasteiger partial charge on any atom is -0.313 e. The van der Waals surface area contributed by atoms with Gasteiger partial charge in [0.05, 0.1) is 16.9 Å². The molecule has 0 saturated heterocycles. The molecule has 3 heteroatoms. The Balaban J connectivity index is 1.19. The van der Waals surface area contributed by atoms with Crippen molar-refractivity contribution in [2.45, 2.75) is 32.1 Å². The first kappa shape index (κ1) is 26.8. The van der Waals surface area contributed by atoms with Crippen LogP contribution in [0.1, 0.15) is 42.7 Å². The number of benzene rings is 5. The quantitative estimate of drug-likeness (QED) is 0.204. The van der Waals surface area contributed by atoms with Crippen molar-refractivity contribution in [1.29, 1.82) is 0 Å². The topological polar surface area (TPSA) is 30.7 Å². The van der Waals surface area contributed by atoms with Crippen LogP contribution in [0.3, 0.4) is 0 Å². The molecule has 0 unspecified atom stereocenters. The van der Waals surface area contributed by atoms with E-state index in [9.17, 15) is 0 Å². The Morgan fingerprint density at radius 3 is 2.00 bits per heavy atom. The zero-order chi connectivity index (χ0) is 30.8. The third kappa shape index (κ3) is 4.12. The lowest BCUT2D eigenvalue weighted by Crippen LogP contribution is -2.14. The summed E-state index contributed by atoms with van der Waals surface area (Å²) < 4.78 is 2.50. The molecule has 220 valence electrons. The van der Waals surface area contributed by atoms with E-state index in [2.05, 4.69) is 134 Å². The summed E-state index contributed by atoms with van der Waals surface area (Å²) in [6.45, 7) is 4.72. The van der Waals surface area contributed by atoms with Crippen molar-refractivity contribution in [3.05, 3.63) is 156 Å². The molecule has 0 N–H and O–H groups in total. The van der Waals surface area contributed by atoms with Gasteiger partial charge in [-0.2, -0.15) is 0 Å².